The van der Waals surface area contributed by atoms with E-state index in [1.54, 1.807) is 0 Å². The van der Waals surface area contributed by atoms with Gasteiger partial charge in [0.15, 0.2) is 6.17 Å². The second-order valence-corrected chi connectivity index (χ2v) is 6.29. The van der Waals surface area contributed by atoms with Crippen LogP contribution in [0.4, 0.5) is 4.79 Å². The maximum absolute atomic E-state index is 12.1. The first-order valence-electron chi connectivity index (χ1n) is 6.36. The van der Waals surface area contributed by atoms with Crippen LogP contribution in [0.3, 0.4) is 0 Å². The molecule has 0 saturated carbocycles. The predicted octanol–water partition coefficient (Wildman–Crippen LogP) is 0.613. The minimum Gasteiger partial charge on any atom is -0.444 e. The van der Waals surface area contributed by atoms with Crippen LogP contribution in [-0.4, -0.2) is 67.0 Å². The van der Waals surface area contributed by atoms with Gasteiger partial charge in [0, 0.05) is 6.54 Å². The fourth-order valence-corrected chi connectivity index (χ4v) is 2.66. The summed E-state index contributed by atoms with van der Waals surface area (Å²) < 4.78 is 6.43. The standard InChI is InChI=1S/C12H24N3O2/c1-12(2,3)17-11(16)14-6-8-15(4)7-5-13-9-10(14)15/h10,13H,5-9H2,1-4H3/q+1. The normalized spacial score (nSPS) is 33.4. The molecule has 98 valence electrons. The van der Waals surface area contributed by atoms with E-state index < -0.39 is 5.60 Å². The zero-order valence-corrected chi connectivity index (χ0v) is 11.3. The SMILES string of the molecule is CC(C)(C)OC(=O)N1CC[N+]2(C)CCNCC12. The van der Waals surface area contributed by atoms with Crippen LogP contribution in [0.15, 0.2) is 0 Å². The molecule has 2 atom stereocenters. The number of carbonyl (C=O) groups is 1. The number of hydrogen-bond acceptors (Lipinski definition) is 3. The van der Waals surface area contributed by atoms with Crippen molar-refractivity contribution in [3.8, 4) is 0 Å². The summed E-state index contributed by atoms with van der Waals surface area (Å²) in [4.78, 5) is 14.0. The van der Waals surface area contributed by atoms with Gasteiger partial charge in [-0.25, -0.2) is 4.79 Å². The van der Waals surface area contributed by atoms with E-state index in [0.29, 0.717) is 0 Å². The van der Waals surface area contributed by atoms with Crippen molar-refractivity contribution >= 4 is 6.09 Å². The van der Waals surface area contributed by atoms with Gasteiger partial charge in [-0.05, 0) is 20.8 Å². The van der Waals surface area contributed by atoms with E-state index in [1.165, 1.54) is 0 Å². The summed E-state index contributed by atoms with van der Waals surface area (Å²) in [7, 11) is 2.23. The molecule has 2 unspecified atom stereocenters. The van der Waals surface area contributed by atoms with Crippen molar-refractivity contribution in [3.05, 3.63) is 0 Å². The highest BCUT2D eigenvalue weighted by atomic mass is 16.6. The Hall–Kier alpha value is -0.810. The number of quaternary nitrogens is 1. The average molecular weight is 242 g/mol. The summed E-state index contributed by atoms with van der Waals surface area (Å²) in [5, 5.41) is 3.36. The van der Waals surface area contributed by atoms with Crippen LogP contribution in [-0.2, 0) is 4.74 Å². The fraction of sp³-hybridized carbons (Fsp3) is 0.917. The zero-order chi connectivity index (χ0) is 12.7. The van der Waals surface area contributed by atoms with Gasteiger partial charge in [0.05, 0.1) is 33.2 Å². The maximum Gasteiger partial charge on any atom is 0.415 e. The van der Waals surface area contributed by atoms with Gasteiger partial charge in [-0.1, -0.05) is 0 Å². The van der Waals surface area contributed by atoms with E-state index in [2.05, 4.69) is 12.4 Å². The van der Waals surface area contributed by atoms with E-state index in [1.807, 2.05) is 25.7 Å². The van der Waals surface area contributed by atoms with Crippen molar-refractivity contribution in [3.63, 3.8) is 0 Å². The highest BCUT2D eigenvalue weighted by molar-refractivity contribution is 5.68. The maximum atomic E-state index is 12.1. The Bertz CT molecular complexity index is 313. The van der Waals surface area contributed by atoms with Crippen molar-refractivity contribution in [1.82, 2.24) is 10.2 Å². The summed E-state index contributed by atoms with van der Waals surface area (Å²) >= 11 is 0. The molecule has 2 rings (SSSR count). The molecule has 0 bridgehead atoms. The highest BCUT2D eigenvalue weighted by Crippen LogP contribution is 2.25. The van der Waals surface area contributed by atoms with E-state index in [0.717, 1.165) is 37.2 Å². The molecule has 5 nitrogen and oxygen atoms in total. The third-order valence-electron chi connectivity index (χ3n) is 3.69. The molecule has 0 aromatic rings. The molecule has 2 fully saturated rings. The number of piperazine rings is 1. The Balaban J connectivity index is 2.05. The topological polar surface area (TPSA) is 41.6 Å². The molecule has 0 aromatic carbocycles. The first-order valence-corrected chi connectivity index (χ1v) is 6.36. The monoisotopic (exact) mass is 242 g/mol. The lowest BCUT2D eigenvalue weighted by molar-refractivity contribution is -0.927. The lowest BCUT2D eigenvalue weighted by atomic mass is 10.2. The number of rotatable bonds is 0. The molecule has 1 amide bonds. The summed E-state index contributed by atoms with van der Waals surface area (Å²) in [5.41, 5.74) is -0.412. The first-order chi connectivity index (χ1) is 7.82. The van der Waals surface area contributed by atoms with Crippen molar-refractivity contribution in [2.24, 2.45) is 0 Å². The number of ether oxygens (including phenoxy) is 1. The van der Waals surface area contributed by atoms with Gasteiger partial charge in [0.25, 0.3) is 0 Å². The zero-order valence-electron chi connectivity index (χ0n) is 11.3. The third kappa shape index (κ3) is 2.55. The molecule has 5 heteroatoms. The van der Waals surface area contributed by atoms with Crippen molar-refractivity contribution < 1.29 is 14.0 Å². The van der Waals surface area contributed by atoms with Crippen LogP contribution in [0.1, 0.15) is 20.8 Å². The number of nitrogens with zero attached hydrogens (tertiary/aromatic N) is 2. The second-order valence-electron chi connectivity index (χ2n) is 6.29. The molecule has 2 saturated heterocycles. The highest BCUT2D eigenvalue weighted by Gasteiger charge is 2.48. The number of likely N-dealkylation sites (N-methyl/N-ethyl adjacent to an activating group) is 1. The third-order valence-corrected chi connectivity index (χ3v) is 3.69. The molecular weight excluding hydrogens is 218 g/mol. The van der Waals surface area contributed by atoms with E-state index in [9.17, 15) is 4.79 Å². The summed E-state index contributed by atoms with van der Waals surface area (Å²) in [5.74, 6) is 0. The smallest absolute Gasteiger partial charge is 0.415 e. The Morgan fingerprint density at radius 2 is 2.12 bits per heavy atom. The van der Waals surface area contributed by atoms with Crippen molar-refractivity contribution in [2.45, 2.75) is 32.5 Å². The molecule has 2 aliphatic rings. The molecule has 1 N–H and O–H groups in total. The molecule has 2 aliphatic heterocycles. The average Bonchev–Trinajstić information content (AvgIpc) is 2.52. The molecule has 17 heavy (non-hydrogen) atoms. The minimum absolute atomic E-state index is 0.173. The van der Waals surface area contributed by atoms with E-state index >= 15 is 0 Å². The van der Waals surface area contributed by atoms with Gasteiger partial charge in [0.2, 0.25) is 0 Å². The number of fused-ring (bicyclic) bond motifs is 1. The Morgan fingerprint density at radius 1 is 1.41 bits per heavy atom. The van der Waals surface area contributed by atoms with Crippen molar-refractivity contribution in [1.29, 1.82) is 0 Å². The van der Waals surface area contributed by atoms with Crippen LogP contribution < -0.4 is 5.32 Å². The second kappa shape index (κ2) is 4.14. The van der Waals surface area contributed by atoms with Gasteiger partial charge < -0.3 is 14.5 Å². The molecule has 0 spiro atoms. The summed E-state index contributed by atoms with van der Waals surface area (Å²) in [6, 6.07) is 0. The predicted molar refractivity (Wildman–Crippen MR) is 65.5 cm³/mol. The number of carbonyl (C=O) groups excluding carboxylic acids is 1. The van der Waals surface area contributed by atoms with Crippen LogP contribution in [0.25, 0.3) is 0 Å². The largest absolute Gasteiger partial charge is 0.444 e. The lowest BCUT2D eigenvalue weighted by Gasteiger charge is -2.41. The van der Waals surface area contributed by atoms with Crippen LogP contribution >= 0.6 is 0 Å². The lowest BCUT2D eigenvalue weighted by Crippen LogP contribution is -2.63. The Kier molecular flexibility index (Phi) is 3.08. The number of nitrogens with one attached hydrogen (secondary N) is 1. The molecule has 0 aliphatic carbocycles. The Morgan fingerprint density at radius 3 is 2.76 bits per heavy atom. The summed E-state index contributed by atoms with van der Waals surface area (Å²) in [6.45, 7) is 10.6. The van der Waals surface area contributed by atoms with Crippen LogP contribution in [0.2, 0.25) is 0 Å². The van der Waals surface area contributed by atoms with Gasteiger partial charge in [-0.2, -0.15) is 0 Å². The van der Waals surface area contributed by atoms with Crippen LogP contribution in [0.5, 0.6) is 0 Å². The quantitative estimate of drug-likeness (QED) is 0.633. The number of amides is 1. The van der Waals surface area contributed by atoms with E-state index in [4.69, 9.17) is 4.74 Å². The fourth-order valence-electron chi connectivity index (χ4n) is 2.66. The molecule has 0 aromatic heterocycles. The van der Waals surface area contributed by atoms with Crippen LogP contribution in [0, 0.1) is 0 Å². The first kappa shape index (κ1) is 12.6. The van der Waals surface area contributed by atoms with Gasteiger partial charge in [-0.3, -0.25) is 4.90 Å². The van der Waals surface area contributed by atoms with Crippen molar-refractivity contribution in [2.75, 3.05) is 39.8 Å². The summed E-state index contributed by atoms with van der Waals surface area (Å²) in [6.07, 6.45) is 0.0617. The van der Waals surface area contributed by atoms with Gasteiger partial charge >= 0.3 is 6.09 Å². The van der Waals surface area contributed by atoms with Gasteiger partial charge in [0.1, 0.15) is 5.60 Å². The Labute approximate surface area is 103 Å². The number of hydrogen-bond donors (Lipinski definition) is 1. The van der Waals surface area contributed by atoms with E-state index in [-0.39, 0.29) is 12.3 Å². The molecule has 2 heterocycles. The van der Waals surface area contributed by atoms with Gasteiger partial charge in [-0.15, -0.1) is 0 Å². The molecule has 0 radical (unpaired) electrons. The minimum atomic E-state index is -0.412. The molecular formula is C12H24N3O2+.